The third kappa shape index (κ3) is 3.04. The first kappa shape index (κ1) is 13.8. The third-order valence-corrected chi connectivity index (χ3v) is 3.43. The number of ether oxygens (including phenoxy) is 1. The van der Waals surface area contributed by atoms with Gasteiger partial charge in [-0.2, -0.15) is 0 Å². The molecule has 1 amide bonds. The highest BCUT2D eigenvalue weighted by Gasteiger charge is 2.30. The van der Waals surface area contributed by atoms with E-state index in [1.807, 2.05) is 31.2 Å². The minimum atomic E-state index is -0.153. The number of nitrogens with zero attached hydrogens (tertiary/aromatic N) is 1. The second-order valence-corrected chi connectivity index (χ2v) is 5.07. The van der Waals surface area contributed by atoms with Crippen molar-refractivity contribution in [3.05, 3.63) is 29.8 Å². The number of benzene rings is 1. The number of fused-ring (bicyclic) bond motifs is 1. The Morgan fingerprint density at radius 1 is 1.53 bits per heavy atom. The van der Waals surface area contributed by atoms with Crippen LogP contribution in [0.25, 0.3) is 0 Å². The van der Waals surface area contributed by atoms with Crippen LogP contribution in [-0.4, -0.2) is 35.5 Å². The number of carbonyl (C=O) groups is 1. The maximum absolute atomic E-state index is 12.6. The van der Waals surface area contributed by atoms with E-state index in [4.69, 9.17) is 22.7 Å². The number of likely N-dealkylation sites (N-methyl/N-ethyl adjacent to an activating group) is 1. The van der Waals surface area contributed by atoms with Crippen LogP contribution in [0.2, 0.25) is 0 Å². The van der Waals surface area contributed by atoms with E-state index in [9.17, 15) is 4.79 Å². The first-order valence-electron chi connectivity index (χ1n) is 6.42. The van der Waals surface area contributed by atoms with E-state index in [0.717, 1.165) is 11.3 Å². The molecule has 1 aliphatic heterocycles. The molecule has 2 N–H and O–H groups in total. The van der Waals surface area contributed by atoms with E-state index in [0.29, 0.717) is 31.1 Å². The Bertz CT molecular complexity index is 490. The van der Waals surface area contributed by atoms with Gasteiger partial charge in [-0.05, 0) is 19.4 Å². The molecule has 0 fully saturated rings. The molecule has 19 heavy (non-hydrogen) atoms. The molecule has 0 bridgehead atoms. The van der Waals surface area contributed by atoms with Gasteiger partial charge in [0, 0.05) is 12.1 Å². The average Bonchev–Trinajstić information content (AvgIpc) is 2.43. The fourth-order valence-corrected chi connectivity index (χ4v) is 2.51. The molecule has 5 heteroatoms. The molecule has 4 nitrogen and oxygen atoms in total. The van der Waals surface area contributed by atoms with Crippen LogP contribution in [0.15, 0.2) is 24.3 Å². The lowest BCUT2D eigenvalue weighted by Gasteiger charge is -2.30. The van der Waals surface area contributed by atoms with Gasteiger partial charge < -0.3 is 15.4 Å². The zero-order valence-electron chi connectivity index (χ0n) is 11.0. The lowest BCUT2D eigenvalue weighted by atomic mass is 9.92. The van der Waals surface area contributed by atoms with E-state index in [2.05, 4.69) is 0 Å². The Balaban J connectivity index is 2.22. The highest BCUT2D eigenvalue weighted by molar-refractivity contribution is 7.80. The van der Waals surface area contributed by atoms with E-state index < -0.39 is 0 Å². The van der Waals surface area contributed by atoms with Gasteiger partial charge in [-0.15, -0.1) is 0 Å². The minimum Gasteiger partial charge on any atom is -0.493 e. The molecule has 2 rings (SSSR count). The van der Waals surface area contributed by atoms with Gasteiger partial charge in [-0.1, -0.05) is 30.4 Å². The second-order valence-electron chi connectivity index (χ2n) is 4.55. The van der Waals surface area contributed by atoms with Crippen molar-refractivity contribution in [2.24, 2.45) is 5.73 Å². The van der Waals surface area contributed by atoms with Crippen LogP contribution in [-0.2, 0) is 4.79 Å². The number of rotatable bonds is 4. The van der Waals surface area contributed by atoms with Gasteiger partial charge in [-0.3, -0.25) is 4.79 Å². The number of amides is 1. The van der Waals surface area contributed by atoms with Crippen LogP contribution in [0.5, 0.6) is 5.75 Å². The SMILES string of the molecule is CCN(CC(N)=S)C(=O)C1CCOc2ccccc21. The molecule has 1 unspecified atom stereocenters. The molecule has 0 aromatic heterocycles. The molecule has 0 saturated carbocycles. The Hall–Kier alpha value is -1.62. The van der Waals surface area contributed by atoms with E-state index in [-0.39, 0.29) is 11.8 Å². The summed E-state index contributed by atoms with van der Waals surface area (Å²) in [7, 11) is 0. The summed E-state index contributed by atoms with van der Waals surface area (Å²) in [6, 6.07) is 7.69. The summed E-state index contributed by atoms with van der Waals surface area (Å²) in [5, 5.41) is 0. The molecule has 1 heterocycles. The second kappa shape index (κ2) is 6.02. The molecule has 0 saturated heterocycles. The molecular weight excluding hydrogens is 260 g/mol. The molecule has 0 aliphatic carbocycles. The smallest absolute Gasteiger partial charge is 0.230 e. The van der Waals surface area contributed by atoms with Crippen molar-refractivity contribution < 1.29 is 9.53 Å². The van der Waals surface area contributed by atoms with Crippen molar-refractivity contribution in [1.82, 2.24) is 4.90 Å². The number of nitrogens with two attached hydrogens (primary N) is 1. The van der Waals surface area contributed by atoms with Crippen molar-refractivity contribution in [2.45, 2.75) is 19.3 Å². The molecule has 1 aliphatic rings. The Morgan fingerprint density at radius 3 is 2.95 bits per heavy atom. The summed E-state index contributed by atoms with van der Waals surface area (Å²) in [4.78, 5) is 14.6. The molecule has 0 spiro atoms. The van der Waals surface area contributed by atoms with E-state index in [1.165, 1.54) is 0 Å². The van der Waals surface area contributed by atoms with Gasteiger partial charge in [-0.25, -0.2) is 0 Å². The van der Waals surface area contributed by atoms with E-state index in [1.54, 1.807) is 4.90 Å². The Kier molecular flexibility index (Phi) is 4.37. The summed E-state index contributed by atoms with van der Waals surface area (Å²) < 4.78 is 5.58. The van der Waals surface area contributed by atoms with Crippen molar-refractivity contribution in [2.75, 3.05) is 19.7 Å². The molecule has 0 radical (unpaired) electrons. The summed E-state index contributed by atoms with van der Waals surface area (Å²) in [6.07, 6.45) is 0.698. The van der Waals surface area contributed by atoms with Gasteiger partial charge in [0.1, 0.15) is 5.75 Å². The van der Waals surface area contributed by atoms with Gasteiger partial charge in [0.05, 0.1) is 24.1 Å². The third-order valence-electron chi connectivity index (χ3n) is 3.30. The average molecular weight is 278 g/mol. The number of carbonyl (C=O) groups excluding carboxylic acids is 1. The van der Waals surface area contributed by atoms with Crippen molar-refractivity contribution in [3.63, 3.8) is 0 Å². The highest BCUT2D eigenvalue weighted by atomic mass is 32.1. The lowest BCUT2D eigenvalue weighted by molar-refractivity contribution is -0.132. The van der Waals surface area contributed by atoms with Crippen LogP contribution in [0, 0.1) is 0 Å². The van der Waals surface area contributed by atoms with Crippen LogP contribution in [0.1, 0.15) is 24.8 Å². The zero-order chi connectivity index (χ0) is 13.8. The van der Waals surface area contributed by atoms with Crippen molar-refractivity contribution in [1.29, 1.82) is 0 Å². The molecular formula is C14H18N2O2S. The standard InChI is InChI=1S/C14H18N2O2S/c1-2-16(9-13(15)19)14(17)11-7-8-18-12-6-4-3-5-10(11)12/h3-6,11H,2,7-9H2,1H3,(H2,15,19). The number of hydrogen-bond acceptors (Lipinski definition) is 3. The fourth-order valence-electron chi connectivity index (χ4n) is 2.35. The molecule has 1 aromatic rings. The number of para-hydroxylation sites is 1. The number of hydrogen-bond donors (Lipinski definition) is 1. The molecule has 1 aromatic carbocycles. The van der Waals surface area contributed by atoms with Crippen LogP contribution >= 0.6 is 12.2 Å². The molecule has 1 atom stereocenters. The van der Waals surface area contributed by atoms with Crippen LogP contribution in [0.4, 0.5) is 0 Å². The topological polar surface area (TPSA) is 55.6 Å². The summed E-state index contributed by atoms with van der Waals surface area (Å²) in [6.45, 7) is 3.44. The normalized spacial score (nSPS) is 17.2. The maximum Gasteiger partial charge on any atom is 0.230 e. The number of thiocarbonyl (C=S) groups is 1. The fraction of sp³-hybridized carbons (Fsp3) is 0.429. The maximum atomic E-state index is 12.6. The van der Waals surface area contributed by atoms with Crippen molar-refractivity contribution in [3.8, 4) is 5.75 Å². The first-order valence-corrected chi connectivity index (χ1v) is 6.83. The quantitative estimate of drug-likeness (QED) is 0.852. The van der Waals surface area contributed by atoms with Gasteiger partial charge in [0.2, 0.25) is 5.91 Å². The van der Waals surface area contributed by atoms with Gasteiger partial charge in [0.25, 0.3) is 0 Å². The summed E-state index contributed by atoms with van der Waals surface area (Å²) >= 11 is 4.90. The highest BCUT2D eigenvalue weighted by Crippen LogP contribution is 2.34. The van der Waals surface area contributed by atoms with Gasteiger partial charge >= 0.3 is 0 Å². The van der Waals surface area contributed by atoms with E-state index >= 15 is 0 Å². The van der Waals surface area contributed by atoms with Crippen LogP contribution in [0.3, 0.4) is 0 Å². The summed E-state index contributed by atoms with van der Waals surface area (Å²) in [5.74, 6) is 0.726. The zero-order valence-corrected chi connectivity index (χ0v) is 11.8. The Labute approximate surface area is 118 Å². The molecule has 102 valence electrons. The lowest BCUT2D eigenvalue weighted by Crippen LogP contribution is -2.41. The summed E-state index contributed by atoms with van der Waals surface area (Å²) in [5.41, 5.74) is 6.50. The van der Waals surface area contributed by atoms with Crippen LogP contribution < -0.4 is 10.5 Å². The van der Waals surface area contributed by atoms with Crippen molar-refractivity contribution >= 4 is 23.1 Å². The van der Waals surface area contributed by atoms with Gasteiger partial charge in [0.15, 0.2) is 0 Å². The first-order chi connectivity index (χ1) is 9.13. The predicted molar refractivity (Wildman–Crippen MR) is 78.3 cm³/mol. The monoisotopic (exact) mass is 278 g/mol. The minimum absolute atomic E-state index is 0.0750. The Morgan fingerprint density at radius 2 is 2.26 bits per heavy atom. The largest absolute Gasteiger partial charge is 0.493 e. The predicted octanol–water partition coefficient (Wildman–Crippen LogP) is 1.69.